The van der Waals surface area contributed by atoms with E-state index in [1.54, 1.807) is 45.0 Å². The maximum Gasteiger partial charge on any atom is 0.323 e. The molecule has 3 rings (SSSR count). The second kappa shape index (κ2) is 9.80. The van der Waals surface area contributed by atoms with E-state index in [0.29, 0.717) is 40.8 Å². The molecule has 10 heteroatoms. The van der Waals surface area contributed by atoms with Crippen LogP contribution in [0, 0.1) is 13.8 Å². The van der Waals surface area contributed by atoms with Gasteiger partial charge < -0.3 is 25.3 Å². The number of nitrogens with one attached hydrogen (secondary N) is 2. The number of urea groups is 1. The quantitative estimate of drug-likeness (QED) is 0.397. The van der Waals surface area contributed by atoms with Gasteiger partial charge in [0, 0.05) is 17.4 Å². The highest BCUT2D eigenvalue weighted by Gasteiger charge is 2.19. The topological polar surface area (TPSA) is 145 Å². The van der Waals surface area contributed by atoms with Crippen LogP contribution < -0.4 is 26.1 Å². The minimum atomic E-state index is -0.961. The first-order valence-electron chi connectivity index (χ1n) is 10.4. The number of amides is 2. The van der Waals surface area contributed by atoms with Gasteiger partial charge in [-0.25, -0.2) is 19.7 Å². The summed E-state index contributed by atoms with van der Waals surface area (Å²) in [6.07, 6.45) is 3.05. The number of carbonyl (C=O) groups excluding carboxylic acids is 1. The third-order valence-electron chi connectivity index (χ3n) is 4.86. The highest BCUT2D eigenvalue weighted by Crippen LogP contribution is 2.29. The Kier molecular flexibility index (Phi) is 7.10. The maximum absolute atomic E-state index is 12.5. The minimum Gasteiger partial charge on any atom is -0.488 e. The van der Waals surface area contributed by atoms with E-state index in [1.807, 2.05) is 13.8 Å². The molecule has 0 aliphatic carbocycles. The summed E-state index contributed by atoms with van der Waals surface area (Å²) in [5.41, 5.74) is 2.95. The van der Waals surface area contributed by atoms with Crippen LogP contribution in [0.1, 0.15) is 37.6 Å². The lowest BCUT2D eigenvalue weighted by Gasteiger charge is -2.21. The number of hydrogen-bond acceptors (Lipinski definition) is 8. The van der Waals surface area contributed by atoms with Crippen LogP contribution in [0.2, 0.25) is 0 Å². The third-order valence-corrected chi connectivity index (χ3v) is 4.86. The first kappa shape index (κ1) is 23.9. The monoisotopic (exact) mass is 452 g/mol. The van der Waals surface area contributed by atoms with E-state index in [9.17, 15) is 9.90 Å². The molecule has 0 spiro atoms. The van der Waals surface area contributed by atoms with Crippen molar-refractivity contribution in [1.29, 1.82) is 0 Å². The molecule has 10 nitrogen and oxygen atoms in total. The Morgan fingerprint density at radius 1 is 1.15 bits per heavy atom. The molecule has 2 heterocycles. The summed E-state index contributed by atoms with van der Waals surface area (Å²) in [5, 5.41) is 15.7. The van der Waals surface area contributed by atoms with E-state index in [0.717, 1.165) is 11.1 Å². The maximum atomic E-state index is 12.5. The molecule has 5 N–H and O–H groups in total. The number of carbonyl (C=O) groups is 1. The summed E-state index contributed by atoms with van der Waals surface area (Å²) < 4.78 is 5.49. The zero-order valence-electron chi connectivity index (χ0n) is 19.3. The summed E-state index contributed by atoms with van der Waals surface area (Å²) in [7, 11) is 0. The second-order valence-electron chi connectivity index (χ2n) is 7.94. The smallest absolute Gasteiger partial charge is 0.323 e. The van der Waals surface area contributed by atoms with E-state index in [2.05, 4.69) is 25.6 Å². The largest absolute Gasteiger partial charge is 0.488 e. The van der Waals surface area contributed by atoms with Crippen LogP contribution in [0.5, 0.6) is 11.6 Å². The van der Waals surface area contributed by atoms with Crippen molar-refractivity contribution in [3.63, 3.8) is 0 Å². The van der Waals surface area contributed by atoms with E-state index in [-0.39, 0.29) is 5.88 Å². The Labute approximate surface area is 192 Å². The van der Waals surface area contributed by atoms with E-state index in [1.165, 1.54) is 12.4 Å². The molecule has 0 aliphatic rings. The zero-order chi connectivity index (χ0) is 24.2. The number of hydrogen-bond donors (Lipinski definition) is 4. The molecular weight excluding hydrogens is 424 g/mol. The average molecular weight is 453 g/mol. The molecule has 2 aromatic heterocycles. The Balaban J connectivity index is 1.74. The SMILES string of the molecule is CCOc1cc(-c2ncc(NC(=O)Nc3ccc(C(C)(C)O)c(C)c3)c(C)n2)cnc1ON. The van der Waals surface area contributed by atoms with Crippen molar-refractivity contribution >= 4 is 17.4 Å². The van der Waals surface area contributed by atoms with E-state index in [4.69, 9.17) is 15.5 Å². The van der Waals surface area contributed by atoms with Crippen LogP contribution in [0.3, 0.4) is 0 Å². The number of nitrogens with zero attached hydrogens (tertiary/aromatic N) is 3. The molecule has 0 saturated heterocycles. The average Bonchev–Trinajstić information content (AvgIpc) is 2.74. The number of ether oxygens (including phenoxy) is 1. The number of rotatable bonds is 7. The molecule has 0 atom stereocenters. The number of aromatic nitrogens is 3. The summed E-state index contributed by atoms with van der Waals surface area (Å²) in [6, 6.07) is 6.59. The molecule has 0 radical (unpaired) electrons. The van der Waals surface area contributed by atoms with Crippen LogP contribution in [-0.2, 0) is 5.60 Å². The Morgan fingerprint density at radius 2 is 1.91 bits per heavy atom. The van der Waals surface area contributed by atoms with Crippen LogP contribution in [0.25, 0.3) is 11.4 Å². The number of aliphatic hydroxyl groups is 1. The van der Waals surface area contributed by atoms with Crippen molar-refractivity contribution in [2.24, 2.45) is 5.90 Å². The van der Waals surface area contributed by atoms with Gasteiger partial charge in [-0.2, -0.15) is 5.90 Å². The fourth-order valence-electron chi connectivity index (χ4n) is 3.34. The lowest BCUT2D eigenvalue weighted by atomic mass is 9.93. The van der Waals surface area contributed by atoms with Crippen LogP contribution in [0.15, 0.2) is 36.7 Å². The van der Waals surface area contributed by atoms with Gasteiger partial charge in [-0.3, -0.25) is 0 Å². The minimum absolute atomic E-state index is 0.165. The zero-order valence-corrected chi connectivity index (χ0v) is 19.3. The van der Waals surface area contributed by atoms with Crippen molar-refractivity contribution in [3.05, 3.63) is 53.5 Å². The summed E-state index contributed by atoms with van der Waals surface area (Å²) in [4.78, 5) is 30.1. The van der Waals surface area contributed by atoms with Gasteiger partial charge in [-0.1, -0.05) is 6.07 Å². The van der Waals surface area contributed by atoms with E-state index < -0.39 is 11.6 Å². The molecule has 2 amide bonds. The van der Waals surface area contributed by atoms with Gasteiger partial charge in [-0.15, -0.1) is 0 Å². The summed E-state index contributed by atoms with van der Waals surface area (Å²) in [5.74, 6) is 6.17. The molecule has 0 unspecified atom stereocenters. The van der Waals surface area contributed by atoms with Crippen molar-refractivity contribution in [2.45, 2.75) is 40.2 Å². The molecule has 3 aromatic rings. The van der Waals surface area contributed by atoms with Crippen LogP contribution >= 0.6 is 0 Å². The predicted molar refractivity (Wildman–Crippen MR) is 125 cm³/mol. The van der Waals surface area contributed by atoms with Crippen molar-refractivity contribution < 1.29 is 19.5 Å². The second-order valence-corrected chi connectivity index (χ2v) is 7.94. The normalized spacial score (nSPS) is 11.1. The molecule has 174 valence electrons. The first-order valence-corrected chi connectivity index (χ1v) is 10.4. The lowest BCUT2D eigenvalue weighted by molar-refractivity contribution is 0.0779. The number of nitrogens with two attached hydrogens (primary N) is 1. The molecule has 1 aromatic carbocycles. The van der Waals surface area contributed by atoms with Gasteiger partial charge in [0.2, 0.25) is 0 Å². The fraction of sp³-hybridized carbons (Fsp3) is 0.304. The van der Waals surface area contributed by atoms with Crippen molar-refractivity contribution in [1.82, 2.24) is 15.0 Å². The van der Waals surface area contributed by atoms with Gasteiger partial charge in [0.15, 0.2) is 11.6 Å². The summed E-state index contributed by atoms with van der Waals surface area (Å²) in [6.45, 7) is 9.33. The van der Waals surface area contributed by atoms with E-state index >= 15 is 0 Å². The van der Waals surface area contributed by atoms with Gasteiger partial charge in [-0.05, 0) is 63.9 Å². The summed E-state index contributed by atoms with van der Waals surface area (Å²) >= 11 is 0. The van der Waals surface area contributed by atoms with Gasteiger partial charge in [0.05, 0.1) is 29.8 Å². The number of anilines is 2. The highest BCUT2D eigenvalue weighted by molar-refractivity contribution is 6.00. The van der Waals surface area contributed by atoms with Gasteiger partial charge >= 0.3 is 6.03 Å². The van der Waals surface area contributed by atoms with Crippen molar-refractivity contribution in [3.8, 4) is 23.0 Å². The standard InChI is InChI=1S/C23H28N6O4/c1-6-32-19-10-15(11-26-21(19)33-24)20-25-12-18(14(3)27-20)29-22(30)28-16-7-8-17(13(2)9-16)23(4,5)31/h7-12,31H,6,24H2,1-5H3,(H2,28,29,30). The van der Waals surface area contributed by atoms with Gasteiger partial charge in [0.25, 0.3) is 5.88 Å². The Hall–Kier alpha value is -3.76. The third kappa shape index (κ3) is 5.73. The Morgan fingerprint density at radius 3 is 2.52 bits per heavy atom. The lowest BCUT2D eigenvalue weighted by Crippen LogP contribution is -2.21. The van der Waals surface area contributed by atoms with Gasteiger partial charge in [0.1, 0.15) is 0 Å². The predicted octanol–water partition coefficient (Wildman–Crippen LogP) is 3.68. The number of aryl methyl sites for hydroxylation is 2. The number of pyridine rings is 1. The van der Waals surface area contributed by atoms with Crippen LogP contribution in [0.4, 0.5) is 16.2 Å². The molecule has 33 heavy (non-hydrogen) atoms. The molecule has 0 saturated carbocycles. The number of benzene rings is 1. The van der Waals surface area contributed by atoms with Crippen LogP contribution in [-0.4, -0.2) is 32.7 Å². The van der Waals surface area contributed by atoms with Crippen molar-refractivity contribution in [2.75, 3.05) is 17.2 Å². The molecule has 0 fully saturated rings. The molecule has 0 bridgehead atoms. The highest BCUT2D eigenvalue weighted by atomic mass is 16.6. The molecule has 0 aliphatic heterocycles. The Bertz CT molecular complexity index is 1160. The molecular formula is C23H28N6O4. The fourth-order valence-corrected chi connectivity index (χ4v) is 3.34. The first-order chi connectivity index (χ1) is 15.6.